The van der Waals surface area contributed by atoms with Crippen LogP contribution in [-0.2, 0) is 0 Å². The van der Waals surface area contributed by atoms with Crippen LogP contribution in [0.2, 0.25) is 0 Å². The van der Waals surface area contributed by atoms with Gasteiger partial charge < -0.3 is 14.8 Å². The summed E-state index contributed by atoms with van der Waals surface area (Å²) in [6.45, 7) is 3.76. The predicted octanol–water partition coefficient (Wildman–Crippen LogP) is 2.85. The third-order valence-corrected chi connectivity index (χ3v) is 2.79. The number of aryl methyl sites for hydroxylation is 2. The standard InChI is InChI=1S/C14H13NO4/c1-8-4-3-5-9(2)12(8)15-13(16)11-6-10(7-19-11)14(17)18/h3-7H,1-2H3,(H,15,16)(H,17,18). The van der Waals surface area contributed by atoms with E-state index < -0.39 is 11.9 Å². The van der Waals surface area contributed by atoms with Gasteiger partial charge in [0.2, 0.25) is 0 Å². The molecule has 5 nitrogen and oxygen atoms in total. The number of carboxylic acids is 1. The summed E-state index contributed by atoms with van der Waals surface area (Å²) in [6, 6.07) is 6.86. The lowest BCUT2D eigenvalue weighted by Crippen LogP contribution is -2.13. The molecule has 2 N–H and O–H groups in total. The summed E-state index contributed by atoms with van der Waals surface area (Å²) in [5, 5.41) is 11.5. The molecule has 1 aromatic heterocycles. The molecule has 0 unspecified atom stereocenters. The highest BCUT2D eigenvalue weighted by atomic mass is 16.4. The predicted molar refractivity (Wildman–Crippen MR) is 69.5 cm³/mol. The lowest BCUT2D eigenvalue weighted by Gasteiger charge is -2.09. The summed E-state index contributed by atoms with van der Waals surface area (Å²) in [5.74, 6) is -1.63. The highest BCUT2D eigenvalue weighted by Crippen LogP contribution is 2.20. The molecule has 19 heavy (non-hydrogen) atoms. The van der Waals surface area contributed by atoms with Crippen LogP contribution in [0.4, 0.5) is 5.69 Å². The van der Waals surface area contributed by atoms with Gasteiger partial charge in [-0.3, -0.25) is 4.79 Å². The molecule has 1 amide bonds. The molecule has 0 aliphatic carbocycles. The SMILES string of the molecule is Cc1cccc(C)c1NC(=O)c1cc(C(=O)O)co1. The normalized spacial score (nSPS) is 10.2. The molecule has 0 fully saturated rings. The first-order valence-corrected chi connectivity index (χ1v) is 5.68. The van der Waals surface area contributed by atoms with E-state index in [1.165, 1.54) is 6.07 Å². The Labute approximate surface area is 109 Å². The van der Waals surface area contributed by atoms with Crippen molar-refractivity contribution in [2.75, 3.05) is 5.32 Å². The highest BCUT2D eigenvalue weighted by Gasteiger charge is 2.16. The molecule has 0 aliphatic heterocycles. The second-order valence-corrected chi connectivity index (χ2v) is 4.23. The number of para-hydroxylation sites is 1. The number of carbonyl (C=O) groups is 2. The number of hydrogen-bond acceptors (Lipinski definition) is 3. The van der Waals surface area contributed by atoms with Gasteiger partial charge in [-0.2, -0.15) is 0 Å². The van der Waals surface area contributed by atoms with Gasteiger partial charge in [0.25, 0.3) is 5.91 Å². The van der Waals surface area contributed by atoms with E-state index in [9.17, 15) is 9.59 Å². The quantitative estimate of drug-likeness (QED) is 0.888. The third kappa shape index (κ3) is 2.65. The van der Waals surface area contributed by atoms with Crippen molar-refractivity contribution in [1.29, 1.82) is 0 Å². The fourth-order valence-electron chi connectivity index (χ4n) is 1.75. The van der Waals surface area contributed by atoms with Crippen molar-refractivity contribution in [2.24, 2.45) is 0 Å². The van der Waals surface area contributed by atoms with E-state index in [1.807, 2.05) is 32.0 Å². The number of aromatic carboxylic acids is 1. The lowest BCUT2D eigenvalue weighted by atomic mass is 10.1. The van der Waals surface area contributed by atoms with Gasteiger partial charge in [-0.25, -0.2) is 4.79 Å². The molecule has 5 heteroatoms. The van der Waals surface area contributed by atoms with Gasteiger partial charge >= 0.3 is 5.97 Å². The summed E-state index contributed by atoms with van der Waals surface area (Å²) >= 11 is 0. The van der Waals surface area contributed by atoms with Crippen LogP contribution < -0.4 is 5.32 Å². The molecule has 0 atom stereocenters. The average molecular weight is 259 g/mol. The van der Waals surface area contributed by atoms with Crippen molar-refractivity contribution in [3.8, 4) is 0 Å². The van der Waals surface area contributed by atoms with Gasteiger partial charge in [0.15, 0.2) is 5.76 Å². The Balaban J connectivity index is 2.23. The first kappa shape index (κ1) is 12.9. The van der Waals surface area contributed by atoms with Crippen molar-refractivity contribution in [3.05, 3.63) is 53.0 Å². The zero-order chi connectivity index (χ0) is 14.0. The maximum absolute atomic E-state index is 12.0. The van der Waals surface area contributed by atoms with Crippen LogP contribution in [0, 0.1) is 13.8 Å². The zero-order valence-electron chi connectivity index (χ0n) is 10.6. The van der Waals surface area contributed by atoms with Crippen molar-refractivity contribution in [2.45, 2.75) is 13.8 Å². The fourth-order valence-corrected chi connectivity index (χ4v) is 1.75. The second kappa shape index (κ2) is 4.97. The van der Waals surface area contributed by atoms with Crippen molar-refractivity contribution < 1.29 is 19.1 Å². The van der Waals surface area contributed by atoms with Gasteiger partial charge in [0.05, 0.1) is 5.56 Å². The van der Waals surface area contributed by atoms with Crippen LogP contribution >= 0.6 is 0 Å². The molecule has 0 bridgehead atoms. The smallest absolute Gasteiger partial charge is 0.338 e. The number of amides is 1. The van der Waals surface area contributed by atoms with Crippen LogP contribution in [0.25, 0.3) is 0 Å². The summed E-state index contributed by atoms with van der Waals surface area (Å²) < 4.78 is 4.95. The Morgan fingerprint density at radius 3 is 2.37 bits per heavy atom. The minimum atomic E-state index is -1.13. The Bertz CT molecular complexity index is 622. The molecule has 2 aromatic rings. The molecule has 0 saturated heterocycles. The summed E-state index contributed by atoms with van der Waals surface area (Å²) in [4.78, 5) is 22.7. The Kier molecular flexibility index (Phi) is 3.37. The maximum atomic E-state index is 12.0. The first-order valence-electron chi connectivity index (χ1n) is 5.68. The molecule has 0 aliphatic rings. The molecule has 2 rings (SSSR count). The monoisotopic (exact) mass is 259 g/mol. The van der Waals surface area contributed by atoms with Crippen LogP contribution in [-0.4, -0.2) is 17.0 Å². The molecule has 0 radical (unpaired) electrons. The molecule has 0 spiro atoms. The number of anilines is 1. The fraction of sp³-hybridized carbons (Fsp3) is 0.143. The van der Waals surface area contributed by atoms with E-state index in [4.69, 9.17) is 9.52 Å². The van der Waals surface area contributed by atoms with Crippen LogP contribution in [0.15, 0.2) is 34.9 Å². The summed E-state index contributed by atoms with van der Waals surface area (Å²) in [7, 11) is 0. The molecule has 98 valence electrons. The summed E-state index contributed by atoms with van der Waals surface area (Å²) in [6.07, 6.45) is 1.04. The van der Waals surface area contributed by atoms with Gasteiger partial charge in [0, 0.05) is 11.8 Å². The van der Waals surface area contributed by atoms with Crippen molar-refractivity contribution >= 4 is 17.6 Å². The largest absolute Gasteiger partial charge is 0.478 e. The van der Waals surface area contributed by atoms with Crippen LogP contribution in [0.1, 0.15) is 32.0 Å². The molecular weight excluding hydrogens is 246 g/mol. The molecular formula is C14H13NO4. The van der Waals surface area contributed by atoms with Crippen LogP contribution in [0.3, 0.4) is 0 Å². The number of carbonyl (C=O) groups excluding carboxylic acids is 1. The van der Waals surface area contributed by atoms with E-state index in [0.717, 1.165) is 17.4 Å². The number of hydrogen-bond donors (Lipinski definition) is 2. The average Bonchev–Trinajstić information content (AvgIpc) is 2.83. The molecule has 1 heterocycles. The second-order valence-electron chi connectivity index (χ2n) is 4.23. The molecule has 1 aromatic carbocycles. The number of rotatable bonds is 3. The highest BCUT2D eigenvalue weighted by molar-refractivity contribution is 6.04. The van der Waals surface area contributed by atoms with Gasteiger partial charge in [-0.05, 0) is 25.0 Å². The summed E-state index contributed by atoms with van der Waals surface area (Å²) in [5.41, 5.74) is 2.52. The number of nitrogens with one attached hydrogen (secondary N) is 1. The number of benzene rings is 1. The zero-order valence-corrected chi connectivity index (χ0v) is 10.6. The third-order valence-electron chi connectivity index (χ3n) is 2.79. The lowest BCUT2D eigenvalue weighted by molar-refractivity contribution is 0.0696. The van der Waals surface area contributed by atoms with E-state index in [-0.39, 0.29) is 11.3 Å². The van der Waals surface area contributed by atoms with Crippen molar-refractivity contribution in [1.82, 2.24) is 0 Å². The molecule has 0 saturated carbocycles. The number of carboxylic acid groups (broad SMARTS) is 1. The van der Waals surface area contributed by atoms with E-state index in [0.29, 0.717) is 5.69 Å². The Morgan fingerprint density at radius 1 is 1.21 bits per heavy atom. The van der Waals surface area contributed by atoms with Gasteiger partial charge in [-0.1, -0.05) is 18.2 Å². The van der Waals surface area contributed by atoms with Gasteiger partial charge in [-0.15, -0.1) is 0 Å². The minimum Gasteiger partial charge on any atom is -0.478 e. The maximum Gasteiger partial charge on any atom is 0.338 e. The Hall–Kier alpha value is -2.56. The topological polar surface area (TPSA) is 79.5 Å². The minimum absolute atomic E-state index is 0.0277. The van der Waals surface area contributed by atoms with Crippen molar-refractivity contribution in [3.63, 3.8) is 0 Å². The van der Waals surface area contributed by atoms with E-state index >= 15 is 0 Å². The van der Waals surface area contributed by atoms with E-state index in [2.05, 4.69) is 5.32 Å². The Morgan fingerprint density at radius 2 is 1.84 bits per heavy atom. The first-order chi connectivity index (χ1) is 8.99. The van der Waals surface area contributed by atoms with Gasteiger partial charge in [0.1, 0.15) is 6.26 Å². The van der Waals surface area contributed by atoms with Crippen LogP contribution in [0.5, 0.6) is 0 Å². The van der Waals surface area contributed by atoms with E-state index in [1.54, 1.807) is 0 Å². The number of furan rings is 1.